The molecule has 174 valence electrons. The first-order valence-electron chi connectivity index (χ1n) is 11.2. The van der Waals surface area contributed by atoms with Gasteiger partial charge in [0.1, 0.15) is 0 Å². The van der Waals surface area contributed by atoms with E-state index in [0.29, 0.717) is 31.7 Å². The summed E-state index contributed by atoms with van der Waals surface area (Å²) in [4.78, 5) is 27.4. The van der Waals surface area contributed by atoms with Crippen LogP contribution in [-0.2, 0) is 22.7 Å². The first-order chi connectivity index (χ1) is 15.9. The molecule has 2 aromatic carbocycles. The highest BCUT2D eigenvalue weighted by Gasteiger charge is 2.25. The number of hydrazine groups is 1. The maximum atomic E-state index is 13.0. The van der Waals surface area contributed by atoms with Gasteiger partial charge in [-0.3, -0.25) is 19.9 Å². The van der Waals surface area contributed by atoms with E-state index in [0.717, 1.165) is 17.8 Å². The number of amides is 2. The molecule has 2 N–H and O–H groups in total. The summed E-state index contributed by atoms with van der Waals surface area (Å²) in [6.45, 7) is 7.40. The van der Waals surface area contributed by atoms with Gasteiger partial charge in [-0.25, -0.2) is 5.01 Å². The van der Waals surface area contributed by atoms with E-state index in [2.05, 4.69) is 28.8 Å². The van der Waals surface area contributed by atoms with Crippen LogP contribution in [0.1, 0.15) is 29.2 Å². The maximum Gasteiger partial charge on any atom is 0.250 e. The molecule has 2 amide bonds. The van der Waals surface area contributed by atoms with Crippen molar-refractivity contribution in [2.75, 3.05) is 44.7 Å². The van der Waals surface area contributed by atoms with Crippen molar-refractivity contribution in [3.05, 3.63) is 64.7 Å². The molecule has 0 aromatic heterocycles. The summed E-state index contributed by atoms with van der Waals surface area (Å²) >= 11 is 0. The molecule has 0 radical (unpaired) electrons. The first-order valence-corrected chi connectivity index (χ1v) is 11.2. The predicted octanol–water partition coefficient (Wildman–Crippen LogP) is 1.79. The van der Waals surface area contributed by atoms with E-state index in [1.165, 1.54) is 11.1 Å². The zero-order valence-corrected chi connectivity index (χ0v) is 19.6. The molecule has 33 heavy (non-hydrogen) atoms. The van der Waals surface area contributed by atoms with Gasteiger partial charge >= 0.3 is 0 Å². The van der Waals surface area contributed by atoms with E-state index in [1.54, 1.807) is 29.1 Å². The van der Waals surface area contributed by atoms with Crippen LogP contribution >= 0.6 is 0 Å². The van der Waals surface area contributed by atoms with Gasteiger partial charge in [-0.1, -0.05) is 31.2 Å². The Bertz CT molecular complexity index is 1010. The summed E-state index contributed by atoms with van der Waals surface area (Å²) in [7, 11) is 1.76. The van der Waals surface area contributed by atoms with Gasteiger partial charge in [-0.05, 0) is 48.4 Å². The molecule has 0 unspecified atom stereocenters. The lowest BCUT2D eigenvalue weighted by Gasteiger charge is -2.28. The van der Waals surface area contributed by atoms with E-state index in [9.17, 15) is 9.59 Å². The number of carbonyl (C=O) groups excluding carboxylic acids is 2. The van der Waals surface area contributed by atoms with Gasteiger partial charge in [0.15, 0.2) is 0 Å². The number of fused-ring (bicyclic) bond motifs is 1. The highest BCUT2D eigenvalue weighted by Crippen LogP contribution is 2.23. The highest BCUT2D eigenvalue weighted by atomic mass is 16.2. The number of hydrogen-bond donors (Lipinski definition) is 2. The number of benzene rings is 2. The topological polar surface area (TPSA) is 91.7 Å². The summed E-state index contributed by atoms with van der Waals surface area (Å²) in [6, 6.07) is 15.6. The Balaban J connectivity index is 1.56. The van der Waals surface area contributed by atoms with E-state index in [4.69, 9.17) is 5.26 Å². The van der Waals surface area contributed by atoms with Gasteiger partial charge in [0.25, 0.3) is 5.91 Å². The molecular formula is C25H32N6O2. The fraction of sp³-hybridized carbons (Fsp3) is 0.400. The second-order valence-electron chi connectivity index (χ2n) is 8.12. The Morgan fingerprint density at radius 2 is 1.73 bits per heavy atom. The Morgan fingerprint density at radius 3 is 2.33 bits per heavy atom. The number of carbonyl (C=O) groups is 2. The summed E-state index contributed by atoms with van der Waals surface area (Å²) in [5.74, 6) is -0.214. The highest BCUT2D eigenvalue weighted by molar-refractivity contribution is 5.96. The van der Waals surface area contributed by atoms with Crippen LogP contribution in [0.3, 0.4) is 0 Å². The number of aryl methyl sites for hydroxylation is 1. The molecule has 0 saturated heterocycles. The third-order valence-corrected chi connectivity index (χ3v) is 5.84. The van der Waals surface area contributed by atoms with Crippen LogP contribution in [0, 0.1) is 18.3 Å². The summed E-state index contributed by atoms with van der Waals surface area (Å²) < 4.78 is 0. The second-order valence-corrected chi connectivity index (χ2v) is 8.12. The standard InChI is InChI=1S/C25H32N6O2/c1-4-27-11-12-31(23-10-9-20(14-26)13-19(23)2)25(33)16-28-15-24(32)29(3)30-17-21-7-5-6-8-22(21)18-30/h5-10,13,27-28H,4,11-12,15-18H2,1-3H3. The molecule has 2 aromatic rings. The van der Waals surface area contributed by atoms with E-state index < -0.39 is 0 Å². The summed E-state index contributed by atoms with van der Waals surface area (Å²) in [5.41, 5.74) is 4.66. The lowest BCUT2D eigenvalue weighted by molar-refractivity contribution is -0.145. The smallest absolute Gasteiger partial charge is 0.250 e. The Hall–Kier alpha value is -3.25. The van der Waals surface area contributed by atoms with Crippen LogP contribution in [0.5, 0.6) is 0 Å². The van der Waals surface area contributed by atoms with Crippen molar-refractivity contribution in [2.45, 2.75) is 26.9 Å². The van der Waals surface area contributed by atoms with Crippen molar-refractivity contribution in [2.24, 2.45) is 0 Å². The zero-order valence-electron chi connectivity index (χ0n) is 19.6. The average Bonchev–Trinajstić information content (AvgIpc) is 3.26. The normalized spacial score (nSPS) is 12.8. The lowest BCUT2D eigenvalue weighted by atomic mass is 10.1. The molecule has 1 aliphatic heterocycles. The monoisotopic (exact) mass is 448 g/mol. The summed E-state index contributed by atoms with van der Waals surface area (Å²) in [6.07, 6.45) is 0. The number of anilines is 1. The number of nitrogens with zero attached hydrogens (tertiary/aromatic N) is 4. The van der Waals surface area contributed by atoms with Crippen molar-refractivity contribution < 1.29 is 9.59 Å². The molecular weight excluding hydrogens is 416 g/mol. The van der Waals surface area contributed by atoms with Crippen LogP contribution in [-0.4, -0.2) is 61.6 Å². The van der Waals surface area contributed by atoms with E-state index in [1.807, 2.05) is 37.1 Å². The van der Waals surface area contributed by atoms with E-state index >= 15 is 0 Å². The van der Waals surface area contributed by atoms with Gasteiger partial charge in [0.05, 0.1) is 24.7 Å². The quantitative estimate of drug-likeness (QED) is 0.539. The van der Waals surface area contributed by atoms with Crippen molar-refractivity contribution in [1.29, 1.82) is 5.26 Å². The van der Waals surface area contributed by atoms with Gasteiger partial charge in [-0.2, -0.15) is 5.26 Å². The Labute approximate surface area is 195 Å². The Morgan fingerprint density at radius 1 is 1.06 bits per heavy atom. The predicted molar refractivity (Wildman–Crippen MR) is 128 cm³/mol. The molecule has 0 saturated carbocycles. The fourth-order valence-electron chi connectivity index (χ4n) is 3.95. The second kappa shape index (κ2) is 11.6. The number of likely N-dealkylation sites (N-methyl/N-ethyl adjacent to an activating group) is 2. The minimum absolute atomic E-state index is 0.0470. The van der Waals surface area contributed by atoms with Crippen molar-refractivity contribution in [3.63, 3.8) is 0 Å². The largest absolute Gasteiger partial charge is 0.315 e. The van der Waals surface area contributed by atoms with Crippen molar-refractivity contribution in [3.8, 4) is 6.07 Å². The molecule has 0 atom stereocenters. The van der Waals surface area contributed by atoms with Gasteiger partial charge in [0, 0.05) is 38.9 Å². The number of nitriles is 1. The van der Waals surface area contributed by atoms with Crippen molar-refractivity contribution >= 4 is 17.5 Å². The molecule has 0 aliphatic carbocycles. The number of hydrogen-bond acceptors (Lipinski definition) is 6. The SMILES string of the molecule is CCNCCN(C(=O)CNCC(=O)N(C)N1Cc2ccccc2C1)c1ccc(C#N)cc1C. The molecule has 8 nitrogen and oxygen atoms in total. The van der Waals surface area contributed by atoms with Crippen LogP contribution in [0.2, 0.25) is 0 Å². The molecule has 1 heterocycles. The lowest BCUT2D eigenvalue weighted by Crippen LogP contribution is -2.47. The molecule has 0 bridgehead atoms. The molecule has 1 aliphatic rings. The first kappa shape index (κ1) is 24.4. The zero-order chi connectivity index (χ0) is 23.8. The van der Waals surface area contributed by atoms with Gasteiger partial charge in [-0.15, -0.1) is 0 Å². The Kier molecular flexibility index (Phi) is 8.55. The maximum absolute atomic E-state index is 13.0. The molecule has 3 rings (SSSR count). The molecule has 8 heteroatoms. The van der Waals surface area contributed by atoms with Crippen LogP contribution in [0.15, 0.2) is 42.5 Å². The van der Waals surface area contributed by atoms with Crippen molar-refractivity contribution in [1.82, 2.24) is 20.7 Å². The third kappa shape index (κ3) is 6.17. The minimum atomic E-state index is -0.121. The fourth-order valence-corrected chi connectivity index (χ4v) is 3.95. The minimum Gasteiger partial charge on any atom is -0.315 e. The molecule has 0 fully saturated rings. The van der Waals surface area contributed by atoms with Crippen LogP contribution in [0.4, 0.5) is 5.69 Å². The van der Waals surface area contributed by atoms with Gasteiger partial charge in [0.2, 0.25) is 5.91 Å². The van der Waals surface area contributed by atoms with Crippen LogP contribution in [0.25, 0.3) is 0 Å². The van der Waals surface area contributed by atoms with Gasteiger partial charge < -0.3 is 10.2 Å². The number of rotatable bonds is 10. The number of nitrogens with one attached hydrogen (secondary N) is 2. The third-order valence-electron chi connectivity index (χ3n) is 5.84. The van der Waals surface area contributed by atoms with E-state index in [-0.39, 0.29) is 24.9 Å². The van der Waals surface area contributed by atoms with Crippen LogP contribution < -0.4 is 15.5 Å². The average molecular weight is 449 g/mol. The summed E-state index contributed by atoms with van der Waals surface area (Å²) in [5, 5.41) is 19.0. The molecule has 0 spiro atoms.